The molecule has 5 heteroatoms. The number of rotatable bonds is 3. The number of hydrogen-bond donors (Lipinski definition) is 0. The lowest BCUT2D eigenvalue weighted by atomic mass is 10.1. The van der Waals surface area contributed by atoms with E-state index in [0.29, 0.717) is 0 Å². The Kier molecular flexibility index (Phi) is 3.85. The molecule has 0 unspecified atom stereocenters. The molecule has 5 nitrogen and oxygen atoms in total. The van der Waals surface area contributed by atoms with Crippen molar-refractivity contribution in [2.24, 2.45) is 0 Å². The van der Waals surface area contributed by atoms with E-state index in [1.165, 1.54) is 18.5 Å². The maximum absolute atomic E-state index is 4.62. The van der Waals surface area contributed by atoms with Crippen molar-refractivity contribution < 1.29 is 0 Å². The standard InChI is InChI=1S/C22H21N5/c1-16-5-4-6-22(25-16)27-21-12-17(7-8-18(21)14-24-27)19-11-20(15-23-13-19)26-9-2-3-10-26/h4-8,11-15H,2-3,9-10H2,1H3. The van der Waals surface area contributed by atoms with Gasteiger partial charge in [-0.25, -0.2) is 9.67 Å². The Morgan fingerprint density at radius 1 is 0.889 bits per heavy atom. The zero-order valence-electron chi connectivity index (χ0n) is 15.3. The molecular formula is C22H21N5. The van der Waals surface area contributed by atoms with Crippen LogP contribution in [-0.2, 0) is 0 Å². The summed E-state index contributed by atoms with van der Waals surface area (Å²) in [6.07, 6.45) is 8.32. The first-order valence-corrected chi connectivity index (χ1v) is 9.40. The summed E-state index contributed by atoms with van der Waals surface area (Å²) in [4.78, 5) is 11.5. The van der Waals surface area contributed by atoms with Gasteiger partial charge in [-0.3, -0.25) is 4.98 Å². The Labute approximate surface area is 158 Å². The summed E-state index contributed by atoms with van der Waals surface area (Å²) in [5.41, 5.74) is 5.52. The smallest absolute Gasteiger partial charge is 0.154 e. The summed E-state index contributed by atoms with van der Waals surface area (Å²) in [5, 5.41) is 5.65. The molecule has 4 aromatic rings. The lowest BCUT2D eigenvalue weighted by molar-refractivity contribution is 0.867. The monoisotopic (exact) mass is 355 g/mol. The first-order valence-electron chi connectivity index (χ1n) is 9.40. The molecule has 0 spiro atoms. The van der Waals surface area contributed by atoms with Crippen molar-refractivity contribution >= 4 is 16.6 Å². The molecule has 0 saturated carbocycles. The van der Waals surface area contributed by atoms with E-state index in [1.54, 1.807) is 0 Å². The summed E-state index contributed by atoms with van der Waals surface area (Å²) < 4.78 is 1.91. The number of hydrogen-bond acceptors (Lipinski definition) is 4. The molecule has 1 fully saturated rings. The van der Waals surface area contributed by atoms with Crippen LogP contribution >= 0.6 is 0 Å². The quantitative estimate of drug-likeness (QED) is 0.547. The molecule has 3 aromatic heterocycles. The molecular weight excluding hydrogens is 334 g/mol. The van der Waals surface area contributed by atoms with Crippen LogP contribution in [0.15, 0.2) is 61.1 Å². The van der Waals surface area contributed by atoms with Gasteiger partial charge in [0.05, 0.1) is 23.6 Å². The van der Waals surface area contributed by atoms with E-state index >= 15 is 0 Å². The average Bonchev–Trinajstić information content (AvgIpc) is 3.38. The van der Waals surface area contributed by atoms with Gasteiger partial charge in [0.1, 0.15) is 0 Å². The minimum atomic E-state index is 0.839. The van der Waals surface area contributed by atoms with Gasteiger partial charge in [0.15, 0.2) is 5.82 Å². The number of fused-ring (bicyclic) bond motifs is 1. The average molecular weight is 355 g/mol. The van der Waals surface area contributed by atoms with Crippen LogP contribution < -0.4 is 4.90 Å². The van der Waals surface area contributed by atoms with Crippen molar-refractivity contribution in [2.75, 3.05) is 18.0 Å². The zero-order valence-corrected chi connectivity index (χ0v) is 15.3. The van der Waals surface area contributed by atoms with Crippen LogP contribution in [0.1, 0.15) is 18.5 Å². The molecule has 4 heterocycles. The van der Waals surface area contributed by atoms with Crippen LogP contribution in [0.25, 0.3) is 27.8 Å². The molecule has 1 aliphatic heterocycles. The summed E-state index contributed by atoms with van der Waals surface area (Å²) in [7, 11) is 0. The van der Waals surface area contributed by atoms with Gasteiger partial charge >= 0.3 is 0 Å². The van der Waals surface area contributed by atoms with Crippen molar-refractivity contribution in [1.29, 1.82) is 0 Å². The third-order valence-electron chi connectivity index (χ3n) is 5.19. The topological polar surface area (TPSA) is 46.8 Å². The zero-order chi connectivity index (χ0) is 18.2. The fourth-order valence-corrected chi connectivity index (χ4v) is 3.76. The van der Waals surface area contributed by atoms with Crippen LogP contribution in [0.5, 0.6) is 0 Å². The Hall–Kier alpha value is -3.21. The third kappa shape index (κ3) is 2.95. The molecule has 134 valence electrons. The minimum absolute atomic E-state index is 0.839. The molecule has 0 atom stereocenters. The van der Waals surface area contributed by atoms with Crippen molar-refractivity contribution in [3.8, 4) is 16.9 Å². The highest BCUT2D eigenvalue weighted by atomic mass is 15.3. The van der Waals surface area contributed by atoms with Gasteiger partial charge in [-0.05, 0) is 49.6 Å². The minimum Gasteiger partial charge on any atom is -0.370 e. The molecule has 0 radical (unpaired) electrons. The van der Waals surface area contributed by atoms with E-state index in [4.69, 9.17) is 0 Å². The summed E-state index contributed by atoms with van der Waals surface area (Å²) in [6.45, 7) is 4.24. The number of aryl methyl sites for hydroxylation is 1. The molecule has 1 aliphatic rings. The van der Waals surface area contributed by atoms with Gasteiger partial charge in [-0.2, -0.15) is 5.10 Å². The molecule has 0 aliphatic carbocycles. The lowest BCUT2D eigenvalue weighted by Gasteiger charge is -2.17. The Morgan fingerprint density at radius 3 is 2.63 bits per heavy atom. The maximum Gasteiger partial charge on any atom is 0.154 e. The number of pyridine rings is 2. The fraction of sp³-hybridized carbons (Fsp3) is 0.227. The predicted octanol–water partition coefficient (Wildman–Crippen LogP) is 4.39. The van der Waals surface area contributed by atoms with E-state index in [-0.39, 0.29) is 0 Å². The number of benzene rings is 1. The molecule has 0 bridgehead atoms. The van der Waals surface area contributed by atoms with Crippen LogP contribution in [0, 0.1) is 6.92 Å². The molecule has 5 rings (SSSR count). The van der Waals surface area contributed by atoms with Crippen molar-refractivity contribution in [3.05, 3.63) is 66.7 Å². The van der Waals surface area contributed by atoms with Gasteiger partial charge < -0.3 is 4.90 Å². The predicted molar refractivity (Wildman–Crippen MR) is 108 cm³/mol. The molecule has 1 aromatic carbocycles. The largest absolute Gasteiger partial charge is 0.370 e. The Morgan fingerprint density at radius 2 is 1.78 bits per heavy atom. The van der Waals surface area contributed by atoms with E-state index in [0.717, 1.165) is 46.6 Å². The van der Waals surface area contributed by atoms with Gasteiger partial charge in [0.2, 0.25) is 0 Å². The van der Waals surface area contributed by atoms with Crippen LogP contribution in [0.2, 0.25) is 0 Å². The second-order valence-corrected chi connectivity index (χ2v) is 7.09. The van der Waals surface area contributed by atoms with Crippen LogP contribution in [-0.4, -0.2) is 32.8 Å². The Bertz CT molecular complexity index is 1110. The lowest BCUT2D eigenvalue weighted by Crippen LogP contribution is -2.17. The van der Waals surface area contributed by atoms with Gasteiger partial charge in [0, 0.05) is 35.9 Å². The van der Waals surface area contributed by atoms with Crippen LogP contribution in [0.3, 0.4) is 0 Å². The van der Waals surface area contributed by atoms with E-state index in [9.17, 15) is 0 Å². The van der Waals surface area contributed by atoms with E-state index in [1.807, 2.05) is 48.4 Å². The summed E-state index contributed by atoms with van der Waals surface area (Å²) >= 11 is 0. The van der Waals surface area contributed by atoms with Crippen LogP contribution in [0.4, 0.5) is 5.69 Å². The second-order valence-electron chi connectivity index (χ2n) is 7.09. The maximum atomic E-state index is 4.62. The highest BCUT2D eigenvalue weighted by Gasteiger charge is 2.14. The molecule has 1 saturated heterocycles. The number of aromatic nitrogens is 4. The van der Waals surface area contributed by atoms with Crippen molar-refractivity contribution in [2.45, 2.75) is 19.8 Å². The Balaban J connectivity index is 1.58. The third-order valence-corrected chi connectivity index (χ3v) is 5.19. The van der Waals surface area contributed by atoms with E-state index in [2.05, 4.69) is 44.2 Å². The second kappa shape index (κ2) is 6.50. The van der Waals surface area contributed by atoms with Gasteiger partial charge in [-0.1, -0.05) is 18.2 Å². The van der Waals surface area contributed by atoms with E-state index < -0.39 is 0 Å². The first-order chi connectivity index (χ1) is 13.3. The highest BCUT2D eigenvalue weighted by Crippen LogP contribution is 2.29. The highest BCUT2D eigenvalue weighted by molar-refractivity contribution is 5.85. The van der Waals surface area contributed by atoms with Crippen molar-refractivity contribution in [1.82, 2.24) is 19.7 Å². The number of anilines is 1. The fourth-order valence-electron chi connectivity index (χ4n) is 3.76. The molecule has 0 amide bonds. The van der Waals surface area contributed by atoms with Crippen molar-refractivity contribution in [3.63, 3.8) is 0 Å². The van der Waals surface area contributed by atoms with Gasteiger partial charge in [0.25, 0.3) is 0 Å². The molecule has 27 heavy (non-hydrogen) atoms. The SMILES string of the molecule is Cc1cccc(-n2ncc3ccc(-c4cncc(N5CCCC5)c4)cc32)n1. The normalized spacial score (nSPS) is 14.2. The summed E-state index contributed by atoms with van der Waals surface area (Å²) in [5.74, 6) is 0.839. The first kappa shape index (κ1) is 16.0. The number of nitrogens with zero attached hydrogens (tertiary/aromatic N) is 5. The van der Waals surface area contributed by atoms with Gasteiger partial charge in [-0.15, -0.1) is 0 Å². The molecule has 0 N–H and O–H groups in total. The summed E-state index contributed by atoms with van der Waals surface area (Å²) in [6, 6.07) is 14.7.